The zero-order chi connectivity index (χ0) is 8.65. The van der Waals surface area contributed by atoms with E-state index in [0.29, 0.717) is 0 Å². The van der Waals surface area contributed by atoms with E-state index in [2.05, 4.69) is 0 Å². The van der Waals surface area contributed by atoms with Crippen molar-refractivity contribution in [2.75, 3.05) is 0 Å². The Balaban J connectivity index is 3.21. The molecule has 0 atom stereocenters. The predicted molar refractivity (Wildman–Crippen MR) is 39.3 cm³/mol. The Kier molecular flexibility index (Phi) is 1.74. The Bertz CT molecular complexity index is 238. The van der Waals surface area contributed by atoms with Gasteiger partial charge in [-0.15, -0.1) is 0 Å². The molecule has 0 aliphatic heterocycles. The summed E-state index contributed by atoms with van der Waals surface area (Å²) in [6.07, 6.45) is 0. The Morgan fingerprint density at radius 2 is 1.45 bits per heavy atom. The van der Waals surface area contributed by atoms with Crippen LogP contribution in [0.5, 0.6) is 0 Å². The summed E-state index contributed by atoms with van der Waals surface area (Å²) in [5, 5.41) is 0. The van der Waals surface area contributed by atoms with Crippen molar-refractivity contribution in [2.45, 2.75) is 26.3 Å². The van der Waals surface area contributed by atoms with Crippen LogP contribution in [0, 0.1) is 11.9 Å². The molecule has 0 amide bonds. The molecule has 0 saturated carbocycles. The van der Waals surface area contributed by atoms with Gasteiger partial charge in [0.1, 0.15) is 0 Å². The highest BCUT2D eigenvalue weighted by Crippen LogP contribution is 2.19. The Morgan fingerprint density at radius 3 is 1.64 bits per heavy atom. The van der Waals surface area contributed by atoms with Crippen LogP contribution in [0.15, 0.2) is 12.1 Å². The van der Waals surface area contributed by atoms with E-state index in [4.69, 9.17) is 0 Å². The average molecular weight is 159 g/mol. The average Bonchev–Trinajstić information content (AvgIpc) is 2.08. The van der Waals surface area contributed by atoms with Crippen molar-refractivity contribution in [3.63, 3.8) is 0 Å². The minimum atomic E-state index is -0.532. The first-order valence-electron chi connectivity index (χ1n) is 3.46. The molecule has 0 bridgehead atoms. The van der Waals surface area contributed by atoms with E-state index in [1.807, 2.05) is 0 Å². The molecule has 62 valence electrons. The van der Waals surface area contributed by atoms with Crippen LogP contribution < -0.4 is 0 Å². The minimum absolute atomic E-state index is 0.530. The maximum absolute atomic E-state index is 12.8. The molecule has 3 heteroatoms. The van der Waals surface area contributed by atoms with Gasteiger partial charge < -0.3 is 0 Å². The fourth-order valence-electron chi connectivity index (χ4n) is 1.03. The fourth-order valence-corrected chi connectivity index (χ4v) is 1.03. The van der Waals surface area contributed by atoms with Crippen molar-refractivity contribution in [3.8, 4) is 0 Å². The summed E-state index contributed by atoms with van der Waals surface area (Å²) < 4.78 is 26.7. The first-order valence-corrected chi connectivity index (χ1v) is 3.46. The summed E-state index contributed by atoms with van der Waals surface area (Å²) in [6.45, 7) is 5.25. The molecule has 0 N–H and O–H groups in total. The van der Waals surface area contributed by atoms with Gasteiger partial charge >= 0.3 is 0 Å². The number of nitrogens with zero attached hydrogens (tertiary/aromatic N) is 1. The SMILES string of the molecule is CC(C)(C)n1c(F)ccc1F. The second-order valence-corrected chi connectivity index (χ2v) is 3.49. The summed E-state index contributed by atoms with van der Waals surface area (Å²) in [5.41, 5.74) is -0.530. The van der Waals surface area contributed by atoms with E-state index in [9.17, 15) is 8.78 Å². The quantitative estimate of drug-likeness (QED) is 0.548. The smallest absolute Gasteiger partial charge is 0.196 e. The molecule has 0 fully saturated rings. The van der Waals surface area contributed by atoms with Gasteiger partial charge in [0.2, 0.25) is 0 Å². The van der Waals surface area contributed by atoms with Crippen LogP contribution in [-0.4, -0.2) is 4.57 Å². The van der Waals surface area contributed by atoms with Crippen LogP contribution in [0.4, 0.5) is 8.78 Å². The molecule has 0 spiro atoms. The lowest BCUT2D eigenvalue weighted by Gasteiger charge is -2.21. The fraction of sp³-hybridized carbons (Fsp3) is 0.500. The standard InChI is InChI=1S/C8H11F2N/c1-8(2,3)11-6(9)4-5-7(11)10/h4-5H,1-3H3. The van der Waals surface area contributed by atoms with Crippen molar-refractivity contribution in [1.82, 2.24) is 4.57 Å². The van der Waals surface area contributed by atoms with Gasteiger partial charge in [0.25, 0.3) is 0 Å². The highest BCUT2D eigenvalue weighted by atomic mass is 19.1. The monoisotopic (exact) mass is 159 g/mol. The normalized spacial score (nSPS) is 12.1. The Labute approximate surface area is 64.6 Å². The Morgan fingerprint density at radius 1 is 1.09 bits per heavy atom. The van der Waals surface area contributed by atoms with Gasteiger partial charge in [-0.2, -0.15) is 8.78 Å². The van der Waals surface area contributed by atoms with E-state index in [1.165, 1.54) is 0 Å². The molecule has 0 radical (unpaired) electrons. The van der Waals surface area contributed by atoms with E-state index in [1.54, 1.807) is 20.8 Å². The molecular weight excluding hydrogens is 148 g/mol. The molecule has 0 aliphatic rings. The van der Waals surface area contributed by atoms with Gasteiger partial charge in [-0.25, -0.2) is 0 Å². The Hall–Kier alpha value is -0.860. The van der Waals surface area contributed by atoms with Gasteiger partial charge in [0.05, 0.1) is 0 Å². The summed E-state index contributed by atoms with van der Waals surface area (Å²) in [4.78, 5) is 0. The molecule has 1 heterocycles. The van der Waals surface area contributed by atoms with Crippen LogP contribution in [0.2, 0.25) is 0 Å². The zero-order valence-electron chi connectivity index (χ0n) is 6.86. The largest absolute Gasteiger partial charge is 0.289 e. The summed E-state index contributed by atoms with van der Waals surface area (Å²) in [5.74, 6) is -1.06. The first-order chi connectivity index (χ1) is 4.93. The summed E-state index contributed by atoms with van der Waals surface area (Å²) in [7, 11) is 0. The third kappa shape index (κ3) is 1.42. The summed E-state index contributed by atoms with van der Waals surface area (Å²) >= 11 is 0. The van der Waals surface area contributed by atoms with Crippen LogP contribution in [0.25, 0.3) is 0 Å². The van der Waals surface area contributed by atoms with Crippen molar-refractivity contribution in [3.05, 3.63) is 24.0 Å². The minimum Gasteiger partial charge on any atom is -0.289 e. The number of halogens is 2. The maximum atomic E-state index is 12.8. The van der Waals surface area contributed by atoms with Gasteiger partial charge in [0, 0.05) is 5.54 Å². The molecule has 0 aromatic carbocycles. The second-order valence-electron chi connectivity index (χ2n) is 3.49. The number of hydrogen-bond acceptors (Lipinski definition) is 0. The number of hydrogen-bond donors (Lipinski definition) is 0. The van der Waals surface area contributed by atoms with E-state index in [-0.39, 0.29) is 0 Å². The molecule has 1 aromatic heterocycles. The molecule has 11 heavy (non-hydrogen) atoms. The van der Waals surface area contributed by atoms with Gasteiger partial charge in [-0.3, -0.25) is 4.57 Å². The third-order valence-corrected chi connectivity index (χ3v) is 1.46. The zero-order valence-corrected chi connectivity index (χ0v) is 6.86. The highest BCUT2D eigenvalue weighted by molar-refractivity contribution is 5.00. The lowest BCUT2D eigenvalue weighted by molar-refractivity contribution is 0.289. The van der Waals surface area contributed by atoms with Crippen molar-refractivity contribution < 1.29 is 8.78 Å². The van der Waals surface area contributed by atoms with Crippen LogP contribution >= 0.6 is 0 Å². The van der Waals surface area contributed by atoms with Gasteiger partial charge in [-0.05, 0) is 32.9 Å². The van der Waals surface area contributed by atoms with Crippen LogP contribution in [-0.2, 0) is 5.54 Å². The number of aromatic nitrogens is 1. The molecule has 0 saturated heterocycles. The lowest BCUT2D eigenvalue weighted by atomic mass is 10.1. The predicted octanol–water partition coefficient (Wildman–Crippen LogP) is 2.52. The third-order valence-electron chi connectivity index (χ3n) is 1.46. The molecule has 0 unspecified atom stereocenters. The molecule has 1 rings (SSSR count). The van der Waals surface area contributed by atoms with E-state index < -0.39 is 17.4 Å². The lowest BCUT2D eigenvalue weighted by Crippen LogP contribution is -2.24. The first kappa shape index (κ1) is 8.24. The van der Waals surface area contributed by atoms with Crippen molar-refractivity contribution >= 4 is 0 Å². The van der Waals surface area contributed by atoms with Crippen LogP contribution in [0.1, 0.15) is 20.8 Å². The van der Waals surface area contributed by atoms with Crippen molar-refractivity contribution in [2.24, 2.45) is 0 Å². The second kappa shape index (κ2) is 2.32. The number of rotatable bonds is 0. The summed E-state index contributed by atoms with van der Waals surface area (Å²) in [6, 6.07) is 2.25. The molecule has 1 nitrogen and oxygen atoms in total. The van der Waals surface area contributed by atoms with Crippen LogP contribution in [0.3, 0.4) is 0 Å². The topological polar surface area (TPSA) is 4.93 Å². The maximum Gasteiger partial charge on any atom is 0.196 e. The molecular formula is C8H11F2N. The highest BCUT2D eigenvalue weighted by Gasteiger charge is 2.19. The van der Waals surface area contributed by atoms with E-state index >= 15 is 0 Å². The van der Waals surface area contributed by atoms with Gasteiger partial charge in [0.15, 0.2) is 11.9 Å². The van der Waals surface area contributed by atoms with Gasteiger partial charge in [-0.1, -0.05) is 0 Å². The van der Waals surface area contributed by atoms with E-state index in [0.717, 1.165) is 16.7 Å². The molecule has 0 aliphatic carbocycles. The van der Waals surface area contributed by atoms with Crippen molar-refractivity contribution in [1.29, 1.82) is 0 Å². The molecule has 1 aromatic rings.